The summed E-state index contributed by atoms with van der Waals surface area (Å²) in [6.45, 7) is 4.52. The van der Waals surface area contributed by atoms with Crippen molar-refractivity contribution in [3.05, 3.63) is 28.2 Å². The quantitative estimate of drug-likeness (QED) is 0.826. The van der Waals surface area contributed by atoms with Gasteiger partial charge in [-0.25, -0.2) is 0 Å². The van der Waals surface area contributed by atoms with E-state index in [4.69, 9.17) is 4.74 Å². The Morgan fingerprint density at radius 3 is 2.58 bits per heavy atom. The predicted octanol–water partition coefficient (Wildman–Crippen LogP) is 4.45. The van der Waals surface area contributed by atoms with Crippen LogP contribution in [0.4, 0.5) is 13.2 Å². The third-order valence-electron chi connectivity index (χ3n) is 2.60. The minimum atomic E-state index is -4.18. The molecule has 0 fully saturated rings. The normalized spacial score (nSPS) is 13.4. The van der Waals surface area contributed by atoms with Crippen molar-refractivity contribution in [2.75, 3.05) is 13.2 Å². The topological polar surface area (TPSA) is 21.3 Å². The van der Waals surface area contributed by atoms with Crippen molar-refractivity contribution in [2.45, 2.75) is 32.5 Å². The Bertz CT molecular complexity index is 409. The smallest absolute Gasteiger partial charge is 0.392 e. The molecule has 0 amide bonds. The van der Waals surface area contributed by atoms with E-state index in [1.807, 2.05) is 19.9 Å². The van der Waals surface area contributed by atoms with Gasteiger partial charge in [0.05, 0.1) is 13.0 Å². The third kappa shape index (κ3) is 5.82. The molecule has 0 aliphatic rings. The summed E-state index contributed by atoms with van der Waals surface area (Å²) in [4.78, 5) is 0. The Labute approximate surface area is 119 Å². The molecule has 0 aliphatic heterocycles. The van der Waals surface area contributed by atoms with Crippen molar-refractivity contribution >= 4 is 15.9 Å². The summed E-state index contributed by atoms with van der Waals surface area (Å²) in [6.07, 6.45) is -5.13. The third-order valence-corrected chi connectivity index (χ3v) is 3.29. The molecular weight excluding hydrogens is 323 g/mol. The second-order valence-corrected chi connectivity index (χ2v) is 5.03. The molecule has 0 aromatic heterocycles. The molecule has 6 heteroatoms. The van der Waals surface area contributed by atoms with Gasteiger partial charge in [0.2, 0.25) is 0 Å². The van der Waals surface area contributed by atoms with Crippen LogP contribution in [-0.2, 0) is 0 Å². The van der Waals surface area contributed by atoms with Crippen LogP contribution in [0.1, 0.15) is 31.9 Å². The molecule has 0 aliphatic carbocycles. The lowest BCUT2D eigenvalue weighted by Crippen LogP contribution is -2.18. The summed E-state index contributed by atoms with van der Waals surface area (Å²) in [5, 5.41) is 3.27. The van der Waals surface area contributed by atoms with Gasteiger partial charge in [0, 0.05) is 10.5 Å². The first-order valence-electron chi connectivity index (χ1n) is 6.06. The summed E-state index contributed by atoms with van der Waals surface area (Å²) in [5.74, 6) is 0.434. The zero-order valence-electron chi connectivity index (χ0n) is 10.9. The van der Waals surface area contributed by atoms with Crippen LogP contribution in [-0.4, -0.2) is 19.3 Å². The molecule has 1 aromatic carbocycles. The van der Waals surface area contributed by atoms with Gasteiger partial charge in [-0.15, -0.1) is 0 Å². The molecule has 0 heterocycles. The fraction of sp³-hybridized carbons (Fsp3) is 0.538. The Hall–Kier alpha value is -0.750. The van der Waals surface area contributed by atoms with Gasteiger partial charge in [0.15, 0.2) is 0 Å². The van der Waals surface area contributed by atoms with Gasteiger partial charge in [0.1, 0.15) is 5.75 Å². The minimum Gasteiger partial charge on any atom is -0.493 e. The van der Waals surface area contributed by atoms with Crippen molar-refractivity contribution in [1.29, 1.82) is 0 Å². The summed E-state index contributed by atoms with van der Waals surface area (Å²) in [5.41, 5.74) is 1.05. The van der Waals surface area contributed by atoms with E-state index in [0.717, 1.165) is 16.6 Å². The lowest BCUT2D eigenvalue weighted by atomic mass is 10.1. The van der Waals surface area contributed by atoms with Crippen molar-refractivity contribution in [3.63, 3.8) is 0 Å². The van der Waals surface area contributed by atoms with Crippen LogP contribution in [0, 0.1) is 0 Å². The van der Waals surface area contributed by atoms with E-state index in [1.54, 1.807) is 12.1 Å². The predicted molar refractivity (Wildman–Crippen MR) is 72.4 cm³/mol. The minimum absolute atomic E-state index is 0.170. The first-order chi connectivity index (χ1) is 8.83. The van der Waals surface area contributed by atoms with E-state index in [-0.39, 0.29) is 12.6 Å². The number of hydrogen-bond donors (Lipinski definition) is 1. The Balaban J connectivity index is 2.61. The molecule has 1 aromatic rings. The second kappa shape index (κ2) is 7.14. The monoisotopic (exact) mass is 339 g/mol. The van der Waals surface area contributed by atoms with Crippen LogP contribution in [0.15, 0.2) is 22.7 Å². The maximum absolute atomic E-state index is 12.0. The van der Waals surface area contributed by atoms with Crippen molar-refractivity contribution in [1.82, 2.24) is 5.32 Å². The number of benzene rings is 1. The number of halogens is 4. The average molecular weight is 340 g/mol. The molecule has 1 unspecified atom stereocenters. The van der Waals surface area contributed by atoms with Crippen LogP contribution in [0.2, 0.25) is 0 Å². The van der Waals surface area contributed by atoms with Gasteiger partial charge in [-0.1, -0.05) is 28.9 Å². The molecule has 0 spiro atoms. The maximum Gasteiger partial charge on any atom is 0.392 e. The molecule has 1 rings (SSSR count). The fourth-order valence-electron chi connectivity index (χ4n) is 1.65. The van der Waals surface area contributed by atoms with E-state index >= 15 is 0 Å². The summed E-state index contributed by atoms with van der Waals surface area (Å²) >= 11 is 3.41. The Kier molecular flexibility index (Phi) is 6.13. The van der Waals surface area contributed by atoms with Crippen LogP contribution in [0.3, 0.4) is 0 Å². The van der Waals surface area contributed by atoms with Crippen LogP contribution >= 0.6 is 15.9 Å². The average Bonchev–Trinajstić information content (AvgIpc) is 2.27. The van der Waals surface area contributed by atoms with E-state index in [1.165, 1.54) is 0 Å². The Morgan fingerprint density at radius 2 is 2.05 bits per heavy atom. The van der Waals surface area contributed by atoms with Crippen molar-refractivity contribution in [2.24, 2.45) is 0 Å². The molecular formula is C13H17BrF3NO. The van der Waals surface area contributed by atoms with E-state index < -0.39 is 12.6 Å². The van der Waals surface area contributed by atoms with E-state index in [2.05, 4.69) is 21.2 Å². The molecule has 0 bridgehead atoms. The van der Waals surface area contributed by atoms with Crippen LogP contribution in [0.25, 0.3) is 0 Å². The number of hydrogen-bond acceptors (Lipinski definition) is 2. The molecule has 0 radical (unpaired) electrons. The van der Waals surface area contributed by atoms with Gasteiger partial charge < -0.3 is 10.1 Å². The van der Waals surface area contributed by atoms with Gasteiger partial charge >= 0.3 is 6.18 Å². The second-order valence-electron chi connectivity index (χ2n) is 4.18. The molecule has 1 atom stereocenters. The highest BCUT2D eigenvalue weighted by Crippen LogP contribution is 2.28. The number of rotatable bonds is 6. The number of alkyl halides is 3. The lowest BCUT2D eigenvalue weighted by molar-refractivity contribution is -0.139. The molecule has 1 N–H and O–H groups in total. The zero-order valence-corrected chi connectivity index (χ0v) is 12.4. The lowest BCUT2D eigenvalue weighted by Gasteiger charge is -2.16. The van der Waals surface area contributed by atoms with Gasteiger partial charge in [0.25, 0.3) is 0 Å². The standard InChI is InChI=1S/C13H17BrF3NO/c1-3-18-9(2)11-5-4-10(8-12(11)14)19-7-6-13(15,16)17/h4-5,8-9,18H,3,6-7H2,1-2H3. The molecule has 0 saturated heterocycles. The van der Waals surface area contributed by atoms with Gasteiger partial charge in [-0.05, 0) is 31.2 Å². The summed E-state index contributed by atoms with van der Waals surface area (Å²) < 4.78 is 41.9. The number of ether oxygens (including phenoxy) is 1. The van der Waals surface area contributed by atoms with Gasteiger partial charge in [-0.2, -0.15) is 13.2 Å². The highest BCUT2D eigenvalue weighted by Gasteiger charge is 2.26. The van der Waals surface area contributed by atoms with Crippen molar-refractivity contribution in [3.8, 4) is 5.75 Å². The summed E-state index contributed by atoms with van der Waals surface area (Å²) in [7, 11) is 0. The fourth-order valence-corrected chi connectivity index (χ4v) is 2.35. The SMILES string of the molecule is CCNC(C)c1ccc(OCCC(F)(F)F)cc1Br. The van der Waals surface area contributed by atoms with Crippen molar-refractivity contribution < 1.29 is 17.9 Å². The highest BCUT2D eigenvalue weighted by molar-refractivity contribution is 9.10. The van der Waals surface area contributed by atoms with E-state index in [0.29, 0.717) is 5.75 Å². The zero-order chi connectivity index (χ0) is 14.5. The summed E-state index contributed by atoms with van der Waals surface area (Å²) in [6, 6.07) is 5.40. The largest absolute Gasteiger partial charge is 0.493 e. The highest BCUT2D eigenvalue weighted by atomic mass is 79.9. The van der Waals surface area contributed by atoms with Crippen LogP contribution in [0.5, 0.6) is 5.75 Å². The first-order valence-corrected chi connectivity index (χ1v) is 6.85. The number of nitrogens with one attached hydrogen (secondary N) is 1. The van der Waals surface area contributed by atoms with Crippen LogP contribution < -0.4 is 10.1 Å². The molecule has 108 valence electrons. The maximum atomic E-state index is 12.0. The Morgan fingerprint density at radius 1 is 1.37 bits per heavy atom. The molecule has 0 saturated carbocycles. The molecule has 2 nitrogen and oxygen atoms in total. The van der Waals surface area contributed by atoms with E-state index in [9.17, 15) is 13.2 Å². The van der Waals surface area contributed by atoms with Gasteiger partial charge in [-0.3, -0.25) is 0 Å². The molecule has 19 heavy (non-hydrogen) atoms. The first kappa shape index (κ1) is 16.3.